The van der Waals surface area contributed by atoms with Gasteiger partial charge in [0.25, 0.3) is 5.56 Å². The van der Waals surface area contributed by atoms with Gasteiger partial charge in [-0.25, -0.2) is 4.98 Å². The first-order valence-corrected chi connectivity index (χ1v) is 10.2. The Kier molecular flexibility index (Phi) is 5.09. The molecule has 7 heteroatoms. The van der Waals surface area contributed by atoms with Gasteiger partial charge in [0.2, 0.25) is 5.91 Å². The number of rotatable bonds is 6. The molecule has 1 atom stereocenters. The zero-order valence-corrected chi connectivity index (χ0v) is 16.4. The highest BCUT2D eigenvalue weighted by atomic mass is 32.1. The monoisotopic (exact) mass is 395 g/mol. The molecule has 0 aliphatic heterocycles. The number of carbonyl (C=O) groups excluding carboxylic acids is 2. The third-order valence-corrected chi connectivity index (χ3v) is 6.31. The molecule has 2 aromatic heterocycles. The van der Waals surface area contributed by atoms with E-state index < -0.39 is 6.04 Å². The number of nitrogens with one attached hydrogen (secondary N) is 1. The van der Waals surface area contributed by atoms with E-state index in [1.807, 2.05) is 30.3 Å². The molecule has 1 aliphatic rings. The topological polar surface area (TPSA) is 81.1 Å². The number of hydrogen-bond acceptors (Lipinski definition) is 5. The second kappa shape index (κ2) is 7.67. The number of carbonyl (C=O) groups is 2. The third-order valence-electron chi connectivity index (χ3n) is 5.11. The van der Waals surface area contributed by atoms with E-state index in [0.29, 0.717) is 11.8 Å². The third kappa shape index (κ3) is 3.62. The Morgan fingerprint density at radius 1 is 1.25 bits per heavy atom. The van der Waals surface area contributed by atoms with Gasteiger partial charge >= 0.3 is 0 Å². The molecule has 1 aliphatic carbocycles. The number of thiophene rings is 1. The van der Waals surface area contributed by atoms with Crippen molar-refractivity contribution in [3.8, 4) is 0 Å². The summed E-state index contributed by atoms with van der Waals surface area (Å²) in [4.78, 5) is 43.7. The van der Waals surface area contributed by atoms with E-state index in [2.05, 4.69) is 10.3 Å². The van der Waals surface area contributed by atoms with Gasteiger partial charge in [-0.15, -0.1) is 11.3 Å². The normalized spacial score (nSPS) is 14.0. The van der Waals surface area contributed by atoms with Crippen LogP contribution in [0.5, 0.6) is 0 Å². The number of Topliss-reactive ketones (excluding diaryl/α,β-unsaturated/α-hetero) is 1. The zero-order valence-electron chi connectivity index (χ0n) is 15.6. The van der Waals surface area contributed by atoms with Crippen LogP contribution in [-0.2, 0) is 35.4 Å². The number of ketones is 1. The second-order valence-corrected chi connectivity index (χ2v) is 8.22. The molecular formula is C21H21N3O3S. The standard InChI is InChI=1S/C21H21N3O3S/c1-13(25)16(10-14-6-3-2-4-7-14)23-18(26)11-24-12-22-20-19(21(24)27)15-8-5-9-17(15)28-20/h2-4,6-7,12,16H,5,8-11H2,1H3,(H,23,26)/t16-/m0/s1. The van der Waals surface area contributed by atoms with Gasteiger partial charge in [-0.2, -0.15) is 0 Å². The number of aromatic nitrogens is 2. The van der Waals surface area contributed by atoms with E-state index in [0.717, 1.165) is 35.2 Å². The first-order chi connectivity index (χ1) is 13.5. The average Bonchev–Trinajstić information content (AvgIpc) is 3.25. The molecule has 1 N–H and O–H groups in total. The fourth-order valence-electron chi connectivity index (χ4n) is 3.67. The van der Waals surface area contributed by atoms with E-state index in [-0.39, 0.29) is 23.8 Å². The van der Waals surface area contributed by atoms with Crippen LogP contribution in [0.25, 0.3) is 10.2 Å². The number of hydrogen-bond donors (Lipinski definition) is 1. The van der Waals surface area contributed by atoms with Crippen molar-refractivity contribution >= 4 is 33.2 Å². The van der Waals surface area contributed by atoms with Crippen molar-refractivity contribution in [2.24, 2.45) is 0 Å². The number of amides is 1. The van der Waals surface area contributed by atoms with Crippen LogP contribution in [0.15, 0.2) is 41.5 Å². The van der Waals surface area contributed by atoms with Crippen molar-refractivity contribution in [1.29, 1.82) is 0 Å². The highest BCUT2D eigenvalue weighted by Gasteiger charge is 2.22. The van der Waals surface area contributed by atoms with Crippen molar-refractivity contribution in [3.05, 3.63) is 63.0 Å². The van der Waals surface area contributed by atoms with Crippen LogP contribution in [0.2, 0.25) is 0 Å². The maximum absolute atomic E-state index is 12.9. The molecule has 28 heavy (non-hydrogen) atoms. The van der Waals surface area contributed by atoms with Crippen molar-refractivity contribution in [2.45, 2.75) is 45.2 Å². The van der Waals surface area contributed by atoms with Gasteiger partial charge in [0.05, 0.1) is 17.8 Å². The van der Waals surface area contributed by atoms with Crippen LogP contribution in [0.1, 0.15) is 29.3 Å². The predicted octanol–water partition coefficient (Wildman–Crippen LogP) is 2.26. The lowest BCUT2D eigenvalue weighted by molar-refractivity contribution is -0.127. The zero-order chi connectivity index (χ0) is 19.7. The molecule has 144 valence electrons. The number of benzene rings is 1. The Labute approximate surface area is 166 Å². The lowest BCUT2D eigenvalue weighted by Crippen LogP contribution is -2.43. The van der Waals surface area contributed by atoms with E-state index >= 15 is 0 Å². The van der Waals surface area contributed by atoms with E-state index in [9.17, 15) is 14.4 Å². The Bertz CT molecular complexity index is 1100. The summed E-state index contributed by atoms with van der Waals surface area (Å²) in [6, 6.07) is 8.92. The van der Waals surface area contributed by atoms with Gasteiger partial charge < -0.3 is 5.32 Å². The molecular weight excluding hydrogens is 374 g/mol. The summed E-state index contributed by atoms with van der Waals surface area (Å²) >= 11 is 1.57. The summed E-state index contributed by atoms with van der Waals surface area (Å²) in [5, 5.41) is 3.41. The maximum atomic E-state index is 12.9. The van der Waals surface area contributed by atoms with E-state index in [4.69, 9.17) is 0 Å². The van der Waals surface area contributed by atoms with E-state index in [1.54, 1.807) is 11.3 Å². The maximum Gasteiger partial charge on any atom is 0.262 e. The van der Waals surface area contributed by atoms with Crippen molar-refractivity contribution < 1.29 is 9.59 Å². The molecule has 1 aromatic carbocycles. The molecule has 0 saturated carbocycles. The minimum absolute atomic E-state index is 0.117. The SMILES string of the molecule is CC(=O)[C@H](Cc1ccccc1)NC(=O)Cn1cnc2sc3c(c2c1=O)CCC3. The molecule has 6 nitrogen and oxygen atoms in total. The number of aryl methyl sites for hydroxylation is 2. The summed E-state index contributed by atoms with van der Waals surface area (Å²) in [5.41, 5.74) is 1.89. The van der Waals surface area contributed by atoms with Gasteiger partial charge in [-0.1, -0.05) is 30.3 Å². The van der Waals surface area contributed by atoms with Crippen LogP contribution in [0.4, 0.5) is 0 Å². The molecule has 0 saturated heterocycles. The molecule has 1 amide bonds. The molecule has 2 heterocycles. The first kappa shape index (κ1) is 18.6. The quantitative estimate of drug-likeness (QED) is 0.694. The summed E-state index contributed by atoms with van der Waals surface area (Å²) in [7, 11) is 0. The lowest BCUT2D eigenvalue weighted by atomic mass is 10.0. The predicted molar refractivity (Wildman–Crippen MR) is 109 cm³/mol. The number of fused-ring (bicyclic) bond motifs is 3. The minimum Gasteiger partial charge on any atom is -0.344 e. The van der Waals surface area contributed by atoms with Crippen molar-refractivity contribution in [2.75, 3.05) is 0 Å². The molecule has 0 spiro atoms. The fourth-order valence-corrected chi connectivity index (χ4v) is 4.89. The Morgan fingerprint density at radius 2 is 2.04 bits per heavy atom. The van der Waals surface area contributed by atoms with Crippen molar-refractivity contribution in [3.63, 3.8) is 0 Å². The van der Waals surface area contributed by atoms with Crippen LogP contribution >= 0.6 is 11.3 Å². The first-order valence-electron chi connectivity index (χ1n) is 9.36. The summed E-state index contributed by atoms with van der Waals surface area (Å²) in [6.07, 6.45) is 4.80. The molecule has 0 bridgehead atoms. The summed E-state index contributed by atoms with van der Waals surface area (Å²) in [6.45, 7) is 1.31. The Balaban J connectivity index is 1.52. The summed E-state index contributed by atoms with van der Waals surface area (Å²) in [5.74, 6) is -0.486. The number of nitrogens with zero attached hydrogens (tertiary/aromatic N) is 2. The molecule has 3 aromatic rings. The highest BCUT2D eigenvalue weighted by molar-refractivity contribution is 7.18. The van der Waals surface area contributed by atoms with Gasteiger partial charge in [0.1, 0.15) is 11.4 Å². The highest BCUT2D eigenvalue weighted by Crippen LogP contribution is 2.34. The van der Waals surface area contributed by atoms with Crippen LogP contribution in [0.3, 0.4) is 0 Å². The molecule has 0 fully saturated rings. The minimum atomic E-state index is -0.618. The Morgan fingerprint density at radius 3 is 2.79 bits per heavy atom. The van der Waals surface area contributed by atoms with Crippen LogP contribution in [-0.4, -0.2) is 27.3 Å². The average molecular weight is 395 g/mol. The smallest absolute Gasteiger partial charge is 0.262 e. The molecule has 0 radical (unpaired) electrons. The van der Waals surface area contributed by atoms with Gasteiger partial charge in [0, 0.05) is 4.88 Å². The Hall–Kier alpha value is -2.80. The molecule has 0 unspecified atom stereocenters. The summed E-state index contributed by atoms with van der Waals surface area (Å²) < 4.78 is 1.34. The van der Waals surface area contributed by atoms with Gasteiger partial charge in [-0.05, 0) is 43.7 Å². The fraction of sp³-hybridized carbons (Fsp3) is 0.333. The van der Waals surface area contributed by atoms with Gasteiger partial charge in [-0.3, -0.25) is 19.0 Å². The molecule has 4 rings (SSSR count). The lowest BCUT2D eigenvalue weighted by Gasteiger charge is -2.16. The van der Waals surface area contributed by atoms with Crippen LogP contribution in [0, 0.1) is 0 Å². The second-order valence-electron chi connectivity index (χ2n) is 7.14. The van der Waals surface area contributed by atoms with E-state index in [1.165, 1.54) is 22.7 Å². The largest absolute Gasteiger partial charge is 0.344 e. The van der Waals surface area contributed by atoms with Gasteiger partial charge in [0.15, 0.2) is 5.78 Å². The van der Waals surface area contributed by atoms with Crippen molar-refractivity contribution in [1.82, 2.24) is 14.9 Å². The van der Waals surface area contributed by atoms with Crippen LogP contribution < -0.4 is 10.9 Å².